The number of carboxylic acids is 1. The predicted octanol–water partition coefficient (Wildman–Crippen LogP) is 4.27. The molecule has 0 bridgehead atoms. The van der Waals surface area contributed by atoms with E-state index >= 15 is 0 Å². The third-order valence-electron chi connectivity index (χ3n) is 3.40. The lowest BCUT2D eigenvalue weighted by Gasteiger charge is -2.21. The van der Waals surface area contributed by atoms with Gasteiger partial charge in [-0.05, 0) is 32.4 Å². The van der Waals surface area contributed by atoms with Crippen LogP contribution in [0.1, 0.15) is 65.7 Å². The summed E-state index contributed by atoms with van der Waals surface area (Å²) < 4.78 is 0. The minimum Gasteiger partial charge on any atom is -0.480 e. The average Bonchev–Trinajstić information content (AvgIpc) is 2.41. The number of hydrogen-bond donors (Lipinski definition) is 1. The number of rotatable bonds is 14. The largest absolute Gasteiger partial charge is 0.480 e. The highest BCUT2D eigenvalue weighted by molar-refractivity contribution is 8.00. The Hall–Kier alpha value is -0.220. The summed E-state index contributed by atoms with van der Waals surface area (Å²) in [6.07, 6.45) is 7.80. The van der Waals surface area contributed by atoms with Gasteiger partial charge in [-0.1, -0.05) is 46.5 Å². The van der Waals surface area contributed by atoms with Crippen LogP contribution in [0.4, 0.5) is 0 Å². The Morgan fingerprint density at radius 2 is 1.65 bits per heavy atom. The third-order valence-corrected chi connectivity index (χ3v) is 4.66. The molecule has 0 aromatic carbocycles. The first-order chi connectivity index (χ1) is 9.65. The molecule has 0 aliphatic rings. The Morgan fingerprint density at radius 1 is 1.00 bits per heavy atom. The van der Waals surface area contributed by atoms with Crippen molar-refractivity contribution in [2.75, 3.05) is 25.4 Å². The quantitative estimate of drug-likeness (QED) is 0.487. The van der Waals surface area contributed by atoms with Gasteiger partial charge in [-0.2, -0.15) is 0 Å². The van der Waals surface area contributed by atoms with Crippen molar-refractivity contribution < 1.29 is 9.90 Å². The first kappa shape index (κ1) is 19.8. The Kier molecular flexibility index (Phi) is 13.6. The number of thioether (sulfide) groups is 1. The zero-order valence-electron chi connectivity index (χ0n) is 13.6. The van der Waals surface area contributed by atoms with E-state index in [2.05, 4.69) is 25.7 Å². The van der Waals surface area contributed by atoms with E-state index in [-0.39, 0.29) is 5.25 Å². The first-order valence-corrected chi connectivity index (χ1v) is 9.27. The summed E-state index contributed by atoms with van der Waals surface area (Å²) in [5.74, 6) is 0.300. The summed E-state index contributed by atoms with van der Waals surface area (Å²) in [6, 6.07) is 0. The van der Waals surface area contributed by atoms with Crippen molar-refractivity contribution in [3.63, 3.8) is 0 Å². The summed E-state index contributed by atoms with van der Waals surface area (Å²) in [5.41, 5.74) is 0. The molecule has 0 heterocycles. The Bertz CT molecular complexity index is 231. The lowest BCUT2D eigenvalue weighted by molar-refractivity contribution is -0.136. The van der Waals surface area contributed by atoms with Crippen molar-refractivity contribution in [2.24, 2.45) is 0 Å². The van der Waals surface area contributed by atoms with Gasteiger partial charge in [0.2, 0.25) is 0 Å². The standard InChI is InChI=1S/C16H33NO2S/c1-4-7-8-9-10-15(16(18)19)20-14-13-17(11-5-2)12-6-3/h15H,4-14H2,1-3H3,(H,18,19). The Labute approximate surface area is 129 Å². The molecule has 0 fully saturated rings. The second-order valence-electron chi connectivity index (χ2n) is 5.39. The van der Waals surface area contributed by atoms with Gasteiger partial charge >= 0.3 is 5.97 Å². The smallest absolute Gasteiger partial charge is 0.316 e. The first-order valence-electron chi connectivity index (χ1n) is 8.22. The molecule has 0 aliphatic carbocycles. The summed E-state index contributed by atoms with van der Waals surface area (Å²) in [6.45, 7) is 9.85. The maximum atomic E-state index is 11.3. The molecule has 4 heteroatoms. The minimum absolute atomic E-state index is 0.211. The molecule has 1 atom stereocenters. The highest BCUT2D eigenvalue weighted by atomic mass is 32.2. The van der Waals surface area contributed by atoms with E-state index in [4.69, 9.17) is 0 Å². The van der Waals surface area contributed by atoms with Crippen LogP contribution >= 0.6 is 11.8 Å². The molecule has 0 rings (SSSR count). The van der Waals surface area contributed by atoms with Gasteiger partial charge in [-0.25, -0.2) is 0 Å². The molecule has 3 nitrogen and oxygen atoms in total. The average molecular weight is 304 g/mol. The highest BCUT2D eigenvalue weighted by Gasteiger charge is 2.17. The predicted molar refractivity (Wildman–Crippen MR) is 89.7 cm³/mol. The van der Waals surface area contributed by atoms with Gasteiger partial charge in [0.25, 0.3) is 0 Å². The molecule has 0 saturated carbocycles. The van der Waals surface area contributed by atoms with E-state index in [9.17, 15) is 9.90 Å². The molecule has 120 valence electrons. The van der Waals surface area contributed by atoms with Crippen LogP contribution in [0.15, 0.2) is 0 Å². The molecule has 0 saturated heterocycles. The molecular formula is C16H33NO2S. The van der Waals surface area contributed by atoms with Gasteiger partial charge in [0.15, 0.2) is 0 Å². The van der Waals surface area contributed by atoms with Crippen LogP contribution in [-0.2, 0) is 4.79 Å². The van der Waals surface area contributed by atoms with Crippen LogP contribution in [-0.4, -0.2) is 46.6 Å². The van der Waals surface area contributed by atoms with Crippen LogP contribution < -0.4 is 0 Å². The summed E-state index contributed by atoms with van der Waals surface area (Å²) in [4.78, 5) is 13.7. The number of nitrogens with zero attached hydrogens (tertiary/aromatic N) is 1. The van der Waals surface area contributed by atoms with Crippen molar-refractivity contribution in [1.29, 1.82) is 0 Å². The molecule has 0 aromatic heterocycles. The topological polar surface area (TPSA) is 40.5 Å². The van der Waals surface area contributed by atoms with Crippen LogP contribution in [0.25, 0.3) is 0 Å². The summed E-state index contributed by atoms with van der Waals surface area (Å²) >= 11 is 1.63. The fraction of sp³-hybridized carbons (Fsp3) is 0.938. The Morgan fingerprint density at radius 3 is 2.15 bits per heavy atom. The second kappa shape index (κ2) is 13.7. The van der Waals surface area contributed by atoms with Crippen LogP contribution in [0.2, 0.25) is 0 Å². The molecule has 0 spiro atoms. The van der Waals surface area contributed by atoms with Gasteiger partial charge in [0.05, 0.1) is 0 Å². The molecule has 0 radical (unpaired) electrons. The third kappa shape index (κ3) is 10.6. The summed E-state index contributed by atoms with van der Waals surface area (Å²) in [5, 5.41) is 9.06. The fourth-order valence-corrected chi connectivity index (χ4v) is 3.45. The molecule has 20 heavy (non-hydrogen) atoms. The lowest BCUT2D eigenvalue weighted by Crippen LogP contribution is -2.29. The van der Waals surface area contributed by atoms with E-state index in [1.54, 1.807) is 11.8 Å². The molecule has 0 aliphatic heterocycles. The maximum Gasteiger partial charge on any atom is 0.316 e. The number of hydrogen-bond acceptors (Lipinski definition) is 3. The maximum absolute atomic E-state index is 11.3. The minimum atomic E-state index is -0.635. The van der Waals surface area contributed by atoms with Crippen molar-refractivity contribution in [1.82, 2.24) is 4.90 Å². The lowest BCUT2D eigenvalue weighted by atomic mass is 10.1. The van der Waals surface area contributed by atoms with Crippen molar-refractivity contribution in [3.05, 3.63) is 0 Å². The summed E-state index contributed by atoms with van der Waals surface area (Å²) in [7, 11) is 0. The van der Waals surface area contributed by atoms with Crippen molar-refractivity contribution in [3.8, 4) is 0 Å². The zero-order chi connectivity index (χ0) is 15.2. The molecule has 1 N–H and O–H groups in total. The van der Waals surface area contributed by atoms with Gasteiger partial charge < -0.3 is 10.0 Å². The van der Waals surface area contributed by atoms with Crippen molar-refractivity contribution in [2.45, 2.75) is 71.0 Å². The van der Waals surface area contributed by atoms with E-state index in [1.165, 1.54) is 32.1 Å². The molecular weight excluding hydrogens is 270 g/mol. The molecule has 1 unspecified atom stereocenters. The van der Waals surface area contributed by atoms with E-state index in [1.807, 2.05) is 0 Å². The fourth-order valence-electron chi connectivity index (χ4n) is 2.33. The van der Waals surface area contributed by atoms with E-state index < -0.39 is 5.97 Å². The SMILES string of the molecule is CCCCCCC(SCCN(CCC)CCC)C(=O)O. The van der Waals surface area contributed by atoms with Gasteiger partial charge in [-0.15, -0.1) is 11.8 Å². The van der Waals surface area contributed by atoms with E-state index in [0.717, 1.165) is 38.2 Å². The van der Waals surface area contributed by atoms with Crippen molar-refractivity contribution >= 4 is 17.7 Å². The van der Waals surface area contributed by atoms with Gasteiger partial charge in [-0.3, -0.25) is 4.79 Å². The Balaban J connectivity index is 3.91. The van der Waals surface area contributed by atoms with Gasteiger partial charge in [0.1, 0.15) is 5.25 Å². The molecule has 0 aromatic rings. The van der Waals surface area contributed by atoms with Gasteiger partial charge in [0, 0.05) is 12.3 Å². The number of carboxylic acid groups (broad SMARTS) is 1. The normalized spacial score (nSPS) is 12.8. The second-order valence-corrected chi connectivity index (χ2v) is 6.70. The number of carbonyl (C=O) groups is 1. The zero-order valence-corrected chi connectivity index (χ0v) is 14.4. The van der Waals surface area contributed by atoms with E-state index in [0.29, 0.717) is 0 Å². The highest BCUT2D eigenvalue weighted by Crippen LogP contribution is 2.19. The number of aliphatic carboxylic acids is 1. The monoisotopic (exact) mass is 303 g/mol. The van der Waals surface area contributed by atoms with Crippen LogP contribution in [0, 0.1) is 0 Å². The van der Waals surface area contributed by atoms with Crippen LogP contribution in [0.5, 0.6) is 0 Å². The number of unbranched alkanes of at least 4 members (excludes halogenated alkanes) is 3. The van der Waals surface area contributed by atoms with Crippen LogP contribution in [0.3, 0.4) is 0 Å². The molecule has 0 amide bonds.